The molecule has 0 saturated heterocycles. The normalized spacial score (nSPS) is 12.1. The van der Waals surface area contributed by atoms with Crippen LogP contribution in [0.4, 0.5) is 9.18 Å². The highest BCUT2D eigenvalue weighted by Crippen LogP contribution is 2.16. The standard InChI is InChI=1S/C16H22FNO2S/c1-16(2,3)20-15(19)18-11-13(10-17)9-12-5-7-14(21-4)8-6-12/h5-8,10H,9,11H2,1-4H3,(H,18,19). The van der Waals surface area contributed by atoms with Gasteiger partial charge in [0.2, 0.25) is 0 Å². The third kappa shape index (κ3) is 7.18. The Labute approximate surface area is 130 Å². The van der Waals surface area contributed by atoms with Crippen molar-refractivity contribution in [1.29, 1.82) is 0 Å². The molecule has 21 heavy (non-hydrogen) atoms. The lowest BCUT2D eigenvalue weighted by atomic mass is 10.1. The summed E-state index contributed by atoms with van der Waals surface area (Å²) in [4.78, 5) is 12.7. The predicted octanol–water partition coefficient (Wildman–Crippen LogP) is 4.33. The Bertz CT molecular complexity index is 492. The van der Waals surface area contributed by atoms with E-state index in [0.29, 0.717) is 18.3 Å². The van der Waals surface area contributed by atoms with Crippen LogP contribution in [0.3, 0.4) is 0 Å². The highest BCUT2D eigenvalue weighted by atomic mass is 32.2. The van der Waals surface area contributed by atoms with E-state index in [4.69, 9.17) is 4.74 Å². The summed E-state index contributed by atoms with van der Waals surface area (Å²) < 4.78 is 18.0. The first-order chi connectivity index (χ1) is 9.84. The number of nitrogens with one attached hydrogen (secondary N) is 1. The first-order valence-corrected chi connectivity index (χ1v) is 7.94. The molecule has 0 unspecified atom stereocenters. The minimum absolute atomic E-state index is 0.135. The van der Waals surface area contributed by atoms with Gasteiger partial charge in [0.05, 0.1) is 6.33 Å². The van der Waals surface area contributed by atoms with Crippen molar-refractivity contribution in [3.63, 3.8) is 0 Å². The monoisotopic (exact) mass is 311 g/mol. The van der Waals surface area contributed by atoms with E-state index in [1.54, 1.807) is 32.5 Å². The zero-order valence-corrected chi connectivity index (χ0v) is 13.7. The Morgan fingerprint density at radius 1 is 1.33 bits per heavy atom. The second-order valence-corrected chi connectivity index (χ2v) is 6.53. The number of benzene rings is 1. The molecule has 0 spiro atoms. The van der Waals surface area contributed by atoms with E-state index in [1.807, 2.05) is 30.5 Å². The summed E-state index contributed by atoms with van der Waals surface area (Å²) >= 11 is 1.66. The number of ether oxygens (including phenoxy) is 1. The third-order valence-electron chi connectivity index (χ3n) is 2.60. The minimum atomic E-state index is -0.558. The van der Waals surface area contributed by atoms with Crippen LogP contribution in [0.15, 0.2) is 41.1 Å². The number of alkyl carbamates (subject to hydrolysis) is 1. The van der Waals surface area contributed by atoms with Crippen molar-refractivity contribution in [2.24, 2.45) is 0 Å². The van der Waals surface area contributed by atoms with Gasteiger partial charge in [-0.3, -0.25) is 0 Å². The highest BCUT2D eigenvalue weighted by molar-refractivity contribution is 7.98. The van der Waals surface area contributed by atoms with E-state index in [2.05, 4.69) is 5.32 Å². The van der Waals surface area contributed by atoms with E-state index >= 15 is 0 Å². The Kier molecular flexibility index (Phi) is 6.75. The summed E-state index contributed by atoms with van der Waals surface area (Å²) in [7, 11) is 0. The molecule has 0 aromatic heterocycles. The second kappa shape index (κ2) is 8.08. The van der Waals surface area contributed by atoms with Gasteiger partial charge >= 0.3 is 6.09 Å². The van der Waals surface area contributed by atoms with E-state index in [0.717, 1.165) is 10.5 Å². The second-order valence-electron chi connectivity index (χ2n) is 5.65. The summed E-state index contributed by atoms with van der Waals surface area (Å²) in [6, 6.07) is 7.92. The maximum Gasteiger partial charge on any atom is 0.407 e. The zero-order valence-electron chi connectivity index (χ0n) is 12.9. The van der Waals surface area contributed by atoms with Crippen LogP contribution in [0.25, 0.3) is 0 Å². The number of carbonyl (C=O) groups excluding carboxylic acids is 1. The van der Waals surface area contributed by atoms with Gasteiger partial charge in [0, 0.05) is 11.4 Å². The van der Waals surface area contributed by atoms with E-state index in [1.165, 1.54) is 0 Å². The van der Waals surface area contributed by atoms with Crippen molar-refractivity contribution in [3.8, 4) is 0 Å². The number of hydrogen-bond acceptors (Lipinski definition) is 3. The average molecular weight is 311 g/mol. The number of rotatable bonds is 5. The van der Waals surface area contributed by atoms with Crippen LogP contribution in [0.5, 0.6) is 0 Å². The number of hydrogen-bond donors (Lipinski definition) is 1. The van der Waals surface area contributed by atoms with Gasteiger partial charge in [0.1, 0.15) is 5.60 Å². The maximum absolute atomic E-state index is 12.9. The maximum atomic E-state index is 12.9. The number of carbonyl (C=O) groups is 1. The molecule has 116 valence electrons. The largest absolute Gasteiger partial charge is 0.444 e. The Morgan fingerprint density at radius 2 is 1.95 bits per heavy atom. The molecule has 1 aromatic rings. The lowest BCUT2D eigenvalue weighted by Crippen LogP contribution is -2.33. The van der Waals surface area contributed by atoms with Crippen LogP contribution in [-0.2, 0) is 11.2 Å². The van der Waals surface area contributed by atoms with Crippen LogP contribution in [0.1, 0.15) is 26.3 Å². The van der Waals surface area contributed by atoms with E-state index in [-0.39, 0.29) is 6.54 Å². The van der Waals surface area contributed by atoms with Crippen molar-refractivity contribution in [1.82, 2.24) is 5.32 Å². The molecule has 0 atom stereocenters. The van der Waals surface area contributed by atoms with Crippen LogP contribution >= 0.6 is 11.8 Å². The predicted molar refractivity (Wildman–Crippen MR) is 85.4 cm³/mol. The molecule has 5 heteroatoms. The van der Waals surface area contributed by atoms with Crippen molar-refractivity contribution in [3.05, 3.63) is 41.7 Å². The SMILES string of the molecule is CSc1ccc(CC(=CF)CNC(=O)OC(C)(C)C)cc1. The number of halogens is 1. The van der Waals surface area contributed by atoms with E-state index < -0.39 is 11.7 Å². The lowest BCUT2D eigenvalue weighted by Gasteiger charge is -2.20. The lowest BCUT2D eigenvalue weighted by molar-refractivity contribution is 0.0532. The number of thioether (sulfide) groups is 1. The molecule has 0 fully saturated rings. The Hall–Kier alpha value is -1.49. The van der Waals surface area contributed by atoms with Gasteiger partial charge in [-0.25, -0.2) is 9.18 Å². The highest BCUT2D eigenvalue weighted by Gasteiger charge is 2.16. The molecule has 0 radical (unpaired) electrons. The Balaban J connectivity index is 2.50. The van der Waals surface area contributed by atoms with E-state index in [9.17, 15) is 9.18 Å². The molecule has 1 rings (SSSR count). The van der Waals surface area contributed by atoms with Gasteiger partial charge in [-0.1, -0.05) is 12.1 Å². The van der Waals surface area contributed by atoms with Crippen LogP contribution in [0, 0.1) is 0 Å². The molecule has 1 aromatic carbocycles. The van der Waals surface area contributed by atoms with Crippen molar-refractivity contribution < 1.29 is 13.9 Å². The van der Waals surface area contributed by atoms with Gasteiger partial charge < -0.3 is 10.1 Å². The molecule has 0 heterocycles. The van der Waals surface area contributed by atoms with Crippen molar-refractivity contribution >= 4 is 17.9 Å². The summed E-state index contributed by atoms with van der Waals surface area (Å²) in [6.07, 6.45) is 2.47. The fraction of sp³-hybridized carbons (Fsp3) is 0.438. The van der Waals surface area contributed by atoms with Gasteiger partial charge in [-0.15, -0.1) is 11.8 Å². The first kappa shape index (κ1) is 17.6. The van der Waals surface area contributed by atoms with Gasteiger partial charge in [-0.2, -0.15) is 0 Å². The summed E-state index contributed by atoms with van der Waals surface area (Å²) in [5, 5.41) is 2.56. The third-order valence-corrected chi connectivity index (χ3v) is 3.35. The zero-order chi connectivity index (χ0) is 15.9. The van der Waals surface area contributed by atoms with Crippen molar-refractivity contribution in [2.75, 3.05) is 12.8 Å². The summed E-state index contributed by atoms with van der Waals surface area (Å²) in [6.45, 7) is 5.49. The fourth-order valence-electron chi connectivity index (χ4n) is 1.65. The first-order valence-electron chi connectivity index (χ1n) is 6.72. The fourth-order valence-corrected chi connectivity index (χ4v) is 2.05. The molecule has 0 aliphatic heterocycles. The molecular formula is C16H22FNO2S. The quantitative estimate of drug-likeness (QED) is 0.823. The molecule has 1 amide bonds. The molecule has 1 N–H and O–H groups in total. The van der Waals surface area contributed by atoms with Gasteiger partial charge in [0.25, 0.3) is 0 Å². The van der Waals surface area contributed by atoms with Crippen LogP contribution in [-0.4, -0.2) is 24.5 Å². The molecule has 0 bridgehead atoms. The molecular weight excluding hydrogens is 289 g/mol. The van der Waals surface area contributed by atoms with Crippen LogP contribution < -0.4 is 5.32 Å². The number of amides is 1. The minimum Gasteiger partial charge on any atom is -0.444 e. The Morgan fingerprint density at radius 3 is 2.43 bits per heavy atom. The van der Waals surface area contributed by atoms with Crippen LogP contribution in [0.2, 0.25) is 0 Å². The summed E-state index contributed by atoms with van der Waals surface area (Å²) in [5.74, 6) is 0. The molecule has 0 aliphatic rings. The molecule has 3 nitrogen and oxygen atoms in total. The van der Waals surface area contributed by atoms with Gasteiger partial charge in [0.15, 0.2) is 0 Å². The molecule has 0 saturated carbocycles. The average Bonchev–Trinajstić information content (AvgIpc) is 2.42. The van der Waals surface area contributed by atoms with Gasteiger partial charge in [-0.05, 0) is 56.7 Å². The smallest absolute Gasteiger partial charge is 0.407 e. The summed E-state index contributed by atoms with van der Waals surface area (Å²) in [5.41, 5.74) is 0.942. The van der Waals surface area contributed by atoms with Crippen molar-refractivity contribution in [2.45, 2.75) is 37.7 Å². The topological polar surface area (TPSA) is 38.3 Å². The molecule has 0 aliphatic carbocycles.